The van der Waals surface area contributed by atoms with E-state index in [-0.39, 0.29) is 17.1 Å². The van der Waals surface area contributed by atoms with E-state index >= 15 is 0 Å². The lowest BCUT2D eigenvalue weighted by Gasteiger charge is -2.28. The number of benzene rings is 1. The minimum Gasteiger partial charge on any atom is -0.329 e. The summed E-state index contributed by atoms with van der Waals surface area (Å²) in [5.41, 5.74) is 4.74. The second-order valence-corrected chi connectivity index (χ2v) is 7.08. The van der Waals surface area contributed by atoms with Crippen LogP contribution in [0.25, 0.3) is 0 Å². The molecule has 21 heavy (non-hydrogen) atoms. The molecule has 0 heterocycles. The zero-order chi connectivity index (χ0) is 16.3. The Bertz CT molecular complexity index is 617. The first-order chi connectivity index (χ1) is 9.70. The topological polar surface area (TPSA) is 89.3 Å². The van der Waals surface area contributed by atoms with Crippen LogP contribution < -0.4 is 11.1 Å². The molecule has 0 bridgehead atoms. The zero-order valence-electron chi connectivity index (χ0n) is 12.4. The van der Waals surface area contributed by atoms with E-state index in [2.05, 4.69) is 5.32 Å². The van der Waals surface area contributed by atoms with E-state index < -0.39 is 27.0 Å². The summed E-state index contributed by atoms with van der Waals surface area (Å²) >= 11 is 0. The molecule has 0 fully saturated rings. The van der Waals surface area contributed by atoms with Gasteiger partial charge in [0.05, 0.1) is 16.0 Å². The quantitative estimate of drug-likeness (QED) is 0.785. The minimum atomic E-state index is -3.47. The van der Waals surface area contributed by atoms with Crippen LogP contribution in [0.3, 0.4) is 0 Å². The fourth-order valence-corrected chi connectivity index (χ4v) is 2.69. The van der Waals surface area contributed by atoms with Crippen LogP contribution in [0.15, 0.2) is 23.1 Å². The van der Waals surface area contributed by atoms with Crippen molar-refractivity contribution in [2.24, 2.45) is 11.1 Å². The van der Waals surface area contributed by atoms with E-state index in [1.165, 1.54) is 0 Å². The molecule has 0 radical (unpaired) electrons. The highest BCUT2D eigenvalue weighted by atomic mass is 32.2. The minimum absolute atomic E-state index is 0.0504. The van der Waals surface area contributed by atoms with Crippen molar-refractivity contribution in [1.29, 1.82) is 0 Å². The molecule has 0 aliphatic heterocycles. The molecule has 0 atom stereocenters. The Hall–Kier alpha value is -1.47. The third-order valence-corrected chi connectivity index (χ3v) is 4.95. The summed E-state index contributed by atoms with van der Waals surface area (Å²) in [4.78, 5) is 12.3. The SMILES string of the molecule is CCC(CC)(CN)C(=O)Nc1cc(S(C)(=O)=O)ccc1F. The highest BCUT2D eigenvalue weighted by Gasteiger charge is 2.33. The third kappa shape index (κ3) is 3.79. The van der Waals surface area contributed by atoms with Gasteiger partial charge >= 0.3 is 0 Å². The fraction of sp³-hybridized carbons (Fsp3) is 0.500. The van der Waals surface area contributed by atoms with Crippen molar-refractivity contribution in [2.45, 2.75) is 31.6 Å². The number of carbonyl (C=O) groups excluding carboxylic acids is 1. The Kier molecular flexibility index (Phi) is 5.47. The maximum atomic E-state index is 13.8. The number of rotatable bonds is 6. The van der Waals surface area contributed by atoms with E-state index in [4.69, 9.17) is 5.73 Å². The van der Waals surface area contributed by atoms with Gasteiger partial charge in [-0.3, -0.25) is 4.79 Å². The summed E-state index contributed by atoms with van der Waals surface area (Å²) in [7, 11) is -3.47. The number of nitrogens with two attached hydrogens (primary N) is 1. The van der Waals surface area contributed by atoms with Crippen LogP contribution in [0.2, 0.25) is 0 Å². The van der Waals surface area contributed by atoms with Gasteiger partial charge in [0, 0.05) is 12.8 Å². The molecule has 1 rings (SSSR count). The molecule has 3 N–H and O–H groups in total. The van der Waals surface area contributed by atoms with E-state index in [1.54, 1.807) is 0 Å². The summed E-state index contributed by atoms with van der Waals surface area (Å²) in [5.74, 6) is -1.09. The van der Waals surface area contributed by atoms with E-state index in [0.717, 1.165) is 24.5 Å². The second kappa shape index (κ2) is 6.53. The smallest absolute Gasteiger partial charge is 0.231 e. The van der Waals surface area contributed by atoms with Gasteiger partial charge in [-0.2, -0.15) is 0 Å². The molecule has 0 unspecified atom stereocenters. The van der Waals surface area contributed by atoms with Crippen molar-refractivity contribution in [3.8, 4) is 0 Å². The van der Waals surface area contributed by atoms with Crippen LogP contribution >= 0.6 is 0 Å². The van der Waals surface area contributed by atoms with Crippen molar-refractivity contribution < 1.29 is 17.6 Å². The van der Waals surface area contributed by atoms with Gasteiger partial charge in [0.25, 0.3) is 0 Å². The number of carbonyl (C=O) groups is 1. The molecule has 0 spiro atoms. The van der Waals surface area contributed by atoms with E-state index in [0.29, 0.717) is 12.8 Å². The summed E-state index contributed by atoms with van der Waals surface area (Å²) in [6.07, 6.45) is 2.05. The van der Waals surface area contributed by atoms with Crippen LogP contribution in [0.5, 0.6) is 0 Å². The Morgan fingerprint density at radius 3 is 2.33 bits per heavy atom. The Morgan fingerprint density at radius 2 is 1.90 bits per heavy atom. The molecular weight excluding hydrogens is 295 g/mol. The van der Waals surface area contributed by atoms with Crippen molar-refractivity contribution >= 4 is 21.4 Å². The summed E-state index contributed by atoms with van der Waals surface area (Å²) < 4.78 is 36.8. The lowest BCUT2D eigenvalue weighted by atomic mass is 9.81. The van der Waals surface area contributed by atoms with Gasteiger partial charge in [-0.25, -0.2) is 12.8 Å². The molecular formula is C14H21FN2O3S. The van der Waals surface area contributed by atoms with Crippen LogP contribution in [0.4, 0.5) is 10.1 Å². The normalized spacial score (nSPS) is 12.2. The first-order valence-electron chi connectivity index (χ1n) is 6.71. The highest BCUT2D eigenvalue weighted by molar-refractivity contribution is 7.90. The van der Waals surface area contributed by atoms with Gasteiger partial charge < -0.3 is 11.1 Å². The molecule has 1 aromatic rings. The molecule has 7 heteroatoms. The lowest BCUT2D eigenvalue weighted by Crippen LogP contribution is -2.41. The van der Waals surface area contributed by atoms with Gasteiger partial charge in [-0.1, -0.05) is 13.8 Å². The maximum absolute atomic E-state index is 13.8. The largest absolute Gasteiger partial charge is 0.329 e. The summed E-state index contributed by atoms with van der Waals surface area (Å²) in [6.45, 7) is 3.80. The van der Waals surface area contributed by atoms with Gasteiger partial charge in [0.15, 0.2) is 9.84 Å². The Labute approximate surface area is 124 Å². The predicted octanol–water partition coefficient (Wildman–Crippen LogP) is 1.93. The van der Waals surface area contributed by atoms with E-state index in [9.17, 15) is 17.6 Å². The first-order valence-corrected chi connectivity index (χ1v) is 8.60. The average molecular weight is 316 g/mol. The number of halogens is 1. The van der Waals surface area contributed by atoms with Crippen molar-refractivity contribution in [3.63, 3.8) is 0 Å². The second-order valence-electron chi connectivity index (χ2n) is 5.06. The number of sulfone groups is 1. The van der Waals surface area contributed by atoms with Gasteiger partial charge in [0.1, 0.15) is 5.82 Å². The third-order valence-electron chi connectivity index (χ3n) is 3.84. The standard InChI is InChI=1S/C14H21FN2O3S/c1-4-14(5-2,9-16)13(18)17-12-8-10(21(3,19)20)6-7-11(12)15/h6-8H,4-5,9,16H2,1-3H3,(H,17,18). The molecule has 1 aromatic carbocycles. The predicted molar refractivity (Wildman–Crippen MR) is 80.2 cm³/mol. The lowest BCUT2D eigenvalue weighted by molar-refractivity contribution is -0.125. The van der Waals surface area contributed by atoms with Crippen LogP contribution in [-0.4, -0.2) is 27.1 Å². The number of hydrogen-bond acceptors (Lipinski definition) is 4. The molecule has 0 saturated heterocycles. The molecule has 0 aliphatic carbocycles. The fourth-order valence-electron chi connectivity index (χ4n) is 2.04. The number of hydrogen-bond donors (Lipinski definition) is 2. The van der Waals surface area contributed by atoms with E-state index in [1.807, 2.05) is 13.8 Å². The summed E-state index contributed by atoms with van der Waals surface area (Å²) in [5, 5.41) is 2.46. The monoisotopic (exact) mass is 316 g/mol. The van der Waals surface area contributed by atoms with Gasteiger partial charge in [-0.05, 0) is 31.0 Å². The van der Waals surface area contributed by atoms with Crippen LogP contribution in [0.1, 0.15) is 26.7 Å². The molecule has 0 aliphatic rings. The number of anilines is 1. The number of nitrogens with one attached hydrogen (secondary N) is 1. The molecule has 0 aromatic heterocycles. The Morgan fingerprint density at radius 1 is 1.33 bits per heavy atom. The molecule has 1 amide bonds. The van der Waals surface area contributed by atoms with Crippen LogP contribution in [0, 0.1) is 11.2 Å². The molecule has 118 valence electrons. The first kappa shape index (κ1) is 17.6. The summed E-state index contributed by atoms with van der Waals surface area (Å²) in [6, 6.07) is 3.30. The Balaban J connectivity index is 3.16. The zero-order valence-corrected chi connectivity index (χ0v) is 13.3. The molecule has 0 saturated carbocycles. The average Bonchev–Trinajstić information content (AvgIpc) is 2.42. The molecule has 5 nitrogen and oxygen atoms in total. The van der Waals surface area contributed by atoms with Crippen molar-refractivity contribution in [3.05, 3.63) is 24.0 Å². The van der Waals surface area contributed by atoms with Crippen molar-refractivity contribution in [2.75, 3.05) is 18.1 Å². The van der Waals surface area contributed by atoms with Crippen LogP contribution in [-0.2, 0) is 14.6 Å². The highest BCUT2D eigenvalue weighted by Crippen LogP contribution is 2.28. The van der Waals surface area contributed by atoms with Gasteiger partial charge in [0.2, 0.25) is 5.91 Å². The number of amides is 1. The maximum Gasteiger partial charge on any atom is 0.231 e. The van der Waals surface area contributed by atoms with Gasteiger partial charge in [-0.15, -0.1) is 0 Å². The van der Waals surface area contributed by atoms with Crippen molar-refractivity contribution in [1.82, 2.24) is 0 Å².